The number of benzene rings is 2. The van der Waals surface area contributed by atoms with E-state index in [0.717, 1.165) is 0 Å². The number of carbonyl (C=O) groups excluding carboxylic acids is 2. The third-order valence-electron chi connectivity index (χ3n) is 3.13. The molecule has 4 heteroatoms. The summed E-state index contributed by atoms with van der Waals surface area (Å²) in [6, 6.07) is 13.8. The second-order valence-corrected chi connectivity index (χ2v) is 6.41. The Labute approximate surface area is 147 Å². The summed E-state index contributed by atoms with van der Waals surface area (Å²) in [7, 11) is 1.34. The molecule has 0 aliphatic rings. The molecular weight excluding hydrogens is 316 g/mol. The highest BCUT2D eigenvalue weighted by Crippen LogP contribution is 2.13. The lowest BCUT2D eigenvalue weighted by Crippen LogP contribution is -2.23. The molecule has 0 aromatic heterocycles. The average Bonchev–Trinajstić information content (AvgIpc) is 2.58. The van der Waals surface area contributed by atoms with Crippen molar-refractivity contribution in [2.75, 3.05) is 7.11 Å². The lowest BCUT2D eigenvalue weighted by atomic mass is 10.1. The van der Waals surface area contributed by atoms with Crippen LogP contribution in [0.3, 0.4) is 0 Å². The quantitative estimate of drug-likeness (QED) is 0.618. The van der Waals surface area contributed by atoms with E-state index < -0.39 is 11.6 Å². The van der Waals surface area contributed by atoms with Gasteiger partial charge in [-0.15, -0.1) is 0 Å². The van der Waals surface area contributed by atoms with Gasteiger partial charge in [0.1, 0.15) is 5.60 Å². The van der Waals surface area contributed by atoms with Crippen LogP contribution in [0.15, 0.2) is 48.5 Å². The van der Waals surface area contributed by atoms with E-state index in [-0.39, 0.29) is 5.97 Å². The van der Waals surface area contributed by atoms with Gasteiger partial charge in [-0.1, -0.05) is 24.0 Å². The molecular formula is C21H20O4. The summed E-state index contributed by atoms with van der Waals surface area (Å²) in [5.41, 5.74) is 1.71. The molecule has 0 atom stereocenters. The van der Waals surface area contributed by atoms with Gasteiger partial charge in [0, 0.05) is 11.1 Å². The van der Waals surface area contributed by atoms with Crippen LogP contribution < -0.4 is 0 Å². The maximum Gasteiger partial charge on any atom is 0.338 e. The third-order valence-corrected chi connectivity index (χ3v) is 3.13. The second kappa shape index (κ2) is 7.67. The molecule has 0 amide bonds. The summed E-state index contributed by atoms with van der Waals surface area (Å²) in [6.07, 6.45) is 0. The van der Waals surface area contributed by atoms with Gasteiger partial charge in [-0.3, -0.25) is 0 Å². The predicted octanol–water partition coefficient (Wildman–Crippen LogP) is 3.83. The predicted molar refractivity (Wildman–Crippen MR) is 95.4 cm³/mol. The van der Waals surface area contributed by atoms with Gasteiger partial charge in [0.2, 0.25) is 0 Å². The van der Waals surface area contributed by atoms with Crippen LogP contribution in [-0.4, -0.2) is 24.6 Å². The third kappa shape index (κ3) is 5.50. The van der Waals surface area contributed by atoms with Gasteiger partial charge in [0.15, 0.2) is 0 Å². The summed E-state index contributed by atoms with van der Waals surface area (Å²) >= 11 is 0. The highest BCUT2D eigenvalue weighted by atomic mass is 16.6. The molecule has 4 nitrogen and oxygen atoms in total. The van der Waals surface area contributed by atoms with Gasteiger partial charge < -0.3 is 9.47 Å². The first-order valence-electron chi connectivity index (χ1n) is 7.82. The van der Waals surface area contributed by atoms with Crippen molar-refractivity contribution in [3.63, 3.8) is 0 Å². The van der Waals surface area contributed by atoms with Crippen LogP contribution in [0.4, 0.5) is 0 Å². The van der Waals surface area contributed by atoms with E-state index in [0.29, 0.717) is 22.3 Å². The number of hydrogen-bond donors (Lipinski definition) is 0. The number of esters is 2. The monoisotopic (exact) mass is 336 g/mol. The summed E-state index contributed by atoms with van der Waals surface area (Å²) in [6.45, 7) is 5.47. The van der Waals surface area contributed by atoms with Crippen molar-refractivity contribution in [1.82, 2.24) is 0 Å². The Balaban J connectivity index is 2.23. The Hall–Kier alpha value is -3.06. The van der Waals surface area contributed by atoms with Gasteiger partial charge in [0.25, 0.3) is 0 Å². The summed E-state index contributed by atoms with van der Waals surface area (Å²) in [5.74, 6) is 5.19. The van der Waals surface area contributed by atoms with Crippen LogP contribution >= 0.6 is 0 Å². The summed E-state index contributed by atoms with van der Waals surface area (Å²) in [5, 5.41) is 0. The number of ether oxygens (including phenoxy) is 2. The Kier molecular flexibility index (Phi) is 5.61. The standard InChI is InChI=1S/C21H20O4/c1-21(2,3)25-20(23)18-10-6-8-16(14-18)12-11-15-7-5-9-17(13-15)19(22)24-4/h5-10,13-14H,1-4H3. The van der Waals surface area contributed by atoms with Crippen LogP contribution in [0, 0.1) is 11.8 Å². The average molecular weight is 336 g/mol. The Morgan fingerprint density at radius 3 is 1.76 bits per heavy atom. The van der Waals surface area contributed by atoms with E-state index in [4.69, 9.17) is 9.47 Å². The fourth-order valence-electron chi connectivity index (χ4n) is 2.05. The van der Waals surface area contributed by atoms with E-state index in [2.05, 4.69) is 11.8 Å². The second-order valence-electron chi connectivity index (χ2n) is 6.41. The zero-order valence-electron chi connectivity index (χ0n) is 14.8. The van der Waals surface area contributed by atoms with E-state index in [1.165, 1.54) is 7.11 Å². The van der Waals surface area contributed by atoms with Gasteiger partial charge in [-0.25, -0.2) is 9.59 Å². The SMILES string of the molecule is COC(=O)c1cccc(C#Cc2cccc(C(=O)OC(C)(C)C)c2)c1. The van der Waals surface area contributed by atoms with Crippen LogP contribution in [0.1, 0.15) is 52.6 Å². The molecule has 0 radical (unpaired) electrons. The maximum absolute atomic E-state index is 12.1. The molecule has 2 aromatic carbocycles. The minimum absolute atomic E-state index is 0.385. The fraction of sp³-hybridized carbons (Fsp3) is 0.238. The molecule has 0 unspecified atom stereocenters. The van der Waals surface area contributed by atoms with Gasteiger partial charge >= 0.3 is 11.9 Å². The normalized spacial score (nSPS) is 10.4. The topological polar surface area (TPSA) is 52.6 Å². The minimum atomic E-state index is -0.549. The molecule has 0 spiro atoms. The smallest absolute Gasteiger partial charge is 0.338 e. The first kappa shape index (κ1) is 18.3. The fourth-order valence-corrected chi connectivity index (χ4v) is 2.05. The highest BCUT2D eigenvalue weighted by Gasteiger charge is 2.17. The van der Waals surface area contributed by atoms with Gasteiger partial charge in [-0.2, -0.15) is 0 Å². The highest BCUT2D eigenvalue weighted by molar-refractivity contribution is 5.90. The lowest BCUT2D eigenvalue weighted by Gasteiger charge is -2.19. The number of methoxy groups -OCH3 is 1. The summed E-state index contributed by atoms with van der Waals surface area (Å²) in [4.78, 5) is 23.7. The number of carbonyl (C=O) groups is 2. The Morgan fingerprint density at radius 2 is 1.32 bits per heavy atom. The van der Waals surface area contributed by atoms with Crippen molar-refractivity contribution in [1.29, 1.82) is 0 Å². The largest absolute Gasteiger partial charge is 0.465 e. The molecule has 0 saturated carbocycles. The maximum atomic E-state index is 12.1. The van der Waals surface area contributed by atoms with Crippen LogP contribution in [0.2, 0.25) is 0 Å². The van der Waals surface area contributed by atoms with Gasteiger partial charge in [-0.05, 0) is 57.2 Å². The molecule has 0 bridgehead atoms. The molecule has 128 valence electrons. The Bertz CT molecular complexity index is 848. The molecule has 2 rings (SSSR count). The van der Waals surface area contributed by atoms with Crippen molar-refractivity contribution in [3.05, 3.63) is 70.8 Å². The minimum Gasteiger partial charge on any atom is -0.465 e. The van der Waals surface area contributed by atoms with Crippen molar-refractivity contribution in [2.24, 2.45) is 0 Å². The van der Waals surface area contributed by atoms with Crippen LogP contribution in [0.25, 0.3) is 0 Å². The zero-order valence-corrected chi connectivity index (χ0v) is 14.8. The molecule has 0 saturated heterocycles. The van der Waals surface area contributed by atoms with E-state index in [9.17, 15) is 9.59 Å². The van der Waals surface area contributed by atoms with Crippen molar-refractivity contribution >= 4 is 11.9 Å². The first-order valence-corrected chi connectivity index (χ1v) is 7.82. The lowest BCUT2D eigenvalue weighted by molar-refractivity contribution is 0.00693. The van der Waals surface area contributed by atoms with Crippen LogP contribution in [-0.2, 0) is 9.47 Å². The Morgan fingerprint density at radius 1 is 0.840 bits per heavy atom. The molecule has 0 aliphatic carbocycles. The zero-order chi connectivity index (χ0) is 18.4. The first-order chi connectivity index (χ1) is 11.8. The molecule has 0 heterocycles. The molecule has 25 heavy (non-hydrogen) atoms. The number of rotatable bonds is 2. The van der Waals surface area contributed by atoms with E-state index in [1.807, 2.05) is 26.8 Å². The van der Waals surface area contributed by atoms with E-state index in [1.54, 1.807) is 42.5 Å². The van der Waals surface area contributed by atoms with Crippen molar-refractivity contribution < 1.29 is 19.1 Å². The van der Waals surface area contributed by atoms with Crippen molar-refractivity contribution in [2.45, 2.75) is 26.4 Å². The van der Waals surface area contributed by atoms with Crippen molar-refractivity contribution in [3.8, 4) is 11.8 Å². The molecule has 0 fully saturated rings. The molecule has 0 N–H and O–H groups in total. The molecule has 0 aliphatic heterocycles. The van der Waals surface area contributed by atoms with E-state index >= 15 is 0 Å². The van der Waals surface area contributed by atoms with Crippen LogP contribution in [0.5, 0.6) is 0 Å². The number of hydrogen-bond acceptors (Lipinski definition) is 4. The van der Waals surface area contributed by atoms with Gasteiger partial charge in [0.05, 0.1) is 18.2 Å². The molecule has 2 aromatic rings. The summed E-state index contributed by atoms with van der Waals surface area (Å²) < 4.78 is 10.1.